The maximum atomic E-state index is 12.3. The minimum absolute atomic E-state index is 0.123. The first-order chi connectivity index (χ1) is 9.16. The average molecular weight is 282 g/mol. The van der Waals surface area contributed by atoms with E-state index in [1.54, 1.807) is 12.1 Å². The fraction of sp³-hybridized carbons (Fsp3) is 0.533. The van der Waals surface area contributed by atoms with E-state index in [1.165, 1.54) is 0 Å². The topological polar surface area (TPSA) is 38.3 Å². The van der Waals surface area contributed by atoms with Gasteiger partial charge in [-0.25, -0.2) is 0 Å². The van der Waals surface area contributed by atoms with E-state index in [0.717, 1.165) is 37.8 Å². The molecule has 0 radical (unpaired) electrons. The molecule has 1 heterocycles. The number of nitrogens with one attached hydrogen (secondary N) is 1. The van der Waals surface area contributed by atoms with E-state index >= 15 is 0 Å². The van der Waals surface area contributed by atoms with Crippen LogP contribution < -0.4 is 5.32 Å². The van der Waals surface area contributed by atoms with Gasteiger partial charge in [0.05, 0.1) is 0 Å². The summed E-state index contributed by atoms with van der Waals surface area (Å²) in [5.74, 6) is -0.123. The molecule has 1 atom stereocenters. The molecule has 0 amide bonds. The van der Waals surface area contributed by atoms with Crippen molar-refractivity contribution in [3.05, 3.63) is 34.9 Å². The Labute approximate surface area is 119 Å². The molecular formula is C15H20ClNO2. The van der Waals surface area contributed by atoms with Crippen molar-refractivity contribution in [2.45, 2.75) is 44.8 Å². The zero-order valence-corrected chi connectivity index (χ0v) is 12.0. The van der Waals surface area contributed by atoms with Crippen LogP contribution in [0.4, 0.5) is 0 Å². The van der Waals surface area contributed by atoms with Crippen molar-refractivity contribution in [2.75, 3.05) is 6.54 Å². The average Bonchev–Trinajstić information content (AvgIpc) is 2.88. The molecule has 104 valence electrons. The van der Waals surface area contributed by atoms with E-state index in [0.29, 0.717) is 11.6 Å². The zero-order chi connectivity index (χ0) is 13.7. The number of hydrogen-bond acceptors (Lipinski definition) is 3. The van der Waals surface area contributed by atoms with Gasteiger partial charge in [-0.1, -0.05) is 37.1 Å². The third-order valence-corrected chi connectivity index (χ3v) is 3.85. The van der Waals surface area contributed by atoms with Crippen molar-refractivity contribution >= 4 is 17.6 Å². The van der Waals surface area contributed by atoms with Crippen molar-refractivity contribution in [2.24, 2.45) is 0 Å². The first-order valence-electron chi connectivity index (χ1n) is 6.83. The third kappa shape index (κ3) is 3.48. The van der Waals surface area contributed by atoms with Crippen LogP contribution >= 0.6 is 11.6 Å². The second-order valence-electron chi connectivity index (χ2n) is 5.07. The fourth-order valence-corrected chi connectivity index (χ4v) is 2.72. The quantitative estimate of drug-likeness (QED) is 0.842. The van der Waals surface area contributed by atoms with Crippen LogP contribution in [0.1, 0.15) is 38.2 Å². The summed E-state index contributed by atoms with van der Waals surface area (Å²) in [5.41, 5.74) is 0.503. The number of benzene rings is 1. The van der Waals surface area contributed by atoms with Gasteiger partial charge in [-0.3, -0.25) is 4.79 Å². The highest BCUT2D eigenvalue weighted by atomic mass is 35.5. The van der Waals surface area contributed by atoms with E-state index < -0.39 is 5.54 Å². The number of hydrogen-bond donors (Lipinski definition) is 1. The first kappa shape index (κ1) is 14.4. The molecule has 4 heteroatoms. The normalized spacial score (nSPS) is 22.4. The fourth-order valence-electron chi connectivity index (χ4n) is 2.59. The molecule has 1 aliphatic rings. The Morgan fingerprint density at radius 1 is 1.42 bits per heavy atom. The van der Waals surface area contributed by atoms with Crippen LogP contribution in [0.2, 0.25) is 5.02 Å². The molecule has 1 unspecified atom stereocenters. The zero-order valence-electron chi connectivity index (χ0n) is 11.2. The van der Waals surface area contributed by atoms with E-state index in [1.807, 2.05) is 12.1 Å². The summed E-state index contributed by atoms with van der Waals surface area (Å²) in [5, 5.41) is 4.01. The summed E-state index contributed by atoms with van der Waals surface area (Å²) in [6.45, 7) is 3.30. The molecule has 19 heavy (non-hydrogen) atoms. The Hall–Kier alpha value is -1.06. The number of rotatable bonds is 5. The number of carbonyl (C=O) groups is 1. The van der Waals surface area contributed by atoms with Crippen LogP contribution in [0.3, 0.4) is 0 Å². The number of carbonyl (C=O) groups excluding carboxylic acids is 1. The molecule has 1 aliphatic heterocycles. The molecule has 3 nitrogen and oxygen atoms in total. The molecular weight excluding hydrogens is 262 g/mol. The van der Waals surface area contributed by atoms with Gasteiger partial charge in [0, 0.05) is 5.02 Å². The maximum Gasteiger partial charge on any atom is 0.326 e. The van der Waals surface area contributed by atoms with Gasteiger partial charge in [-0.2, -0.15) is 0 Å². The Kier molecular flexibility index (Phi) is 4.83. The molecule has 0 spiro atoms. The SMILES string of the molecule is CCCC1(C(=O)OCc2ccc(Cl)cc2)CCCN1. The van der Waals surface area contributed by atoms with Crippen LogP contribution in [-0.2, 0) is 16.1 Å². The smallest absolute Gasteiger partial charge is 0.326 e. The van der Waals surface area contributed by atoms with Gasteiger partial charge in [-0.05, 0) is 43.5 Å². The number of esters is 1. The molecule has 1 N–H and O–H groups in total. The highest BCUT2D eigenvalue weighted by Crippen LogP contribution is 2.26. The van der Waals surface area contributed by atoms with Gasteiger partial charge in [0.25, 0.3) is 0 Å². The molecule has 2 rings (SSSR count). The summed E-state index contributed by atoms with van der Waals surface area (Å²) >= 11 is 5.82. The first-order valence-corrected chi connectivity index (χ1v) is 7.21. The Balaban J connectivity index is 1.94. The summed E-state index contributed by atoms with van der Waals surface area (Å²) < 4.78 is 5.46. The minimum atomic E-state index is -0.457. The minimum Gasteiger partial charge on any atom is -0.459 e. The van der Waals surface area contributed by atoms with Crippen LogP contribution in [0, 0.1) is 0 Å². The molecule has 1 saturated heterocycles. The van der Waals surface area contributed by atoms with E-state index in [2.05, 4.69) is 12.2 Å². The number of ether oxygens (including phenoxy) is 1. The van der Waals surface area contributed by atoms with Gasteiger partial charge >= 0.3 is 5.97 Å². The maximum absolute atomic E-state index is 12.3. The monoisotopic (exact) mass is 281 g/mol. The predicted octanol–water partition coefficient (Wildman–Crippen LogP) is 3.31. The summed E-state index contributed by atoms with van der Waals surface area (Å²) in [6.07, 6.45) is 3.73. The van der Waals surface area contributed by atoms with Gasteiger partial charge in [0.2, 0.25) is 0 Å². The van der Waals surface area contributed by atoms with E-state index in [4.69, 9.17) is 16.3 Å². The van der Waals surface area contributed by atoms with Crippen molar-refractivity contribution in [1.29, 1.82) is 0 Å². The second kappa shape index (κ2) is 6.40. The van der Waals surface area contributed by atoms with E-state index in [9.17, 15) is 4.79 Å². The van der Waals surface area contributed by atoms with Crippen LogP contribution in [0.5, 0.6) is 0 Å². The largest absolute Gasteiger partial charge is 0.459 e. The summed E-state index contributed by atoms with van der Waals surface area (Å²) in [4.78, 5) is 12.3. The third-order valence-electron chi connectivity index (χ3n) is 3.59. The molecule has 1 fully saturated rings. The molecule has 0 aliphatic carbocycles. The molecule has 0 bridgehead atoms. The molecule has 1 aromatic rings. The lowest BCUT2D eigenvalue weighted by atomic mass is 9.92. The van der Waals surface area contributed by atoms with E-state index in [-0.39, 0.29) is 5.97 Å². The standard InChI is InChI=1S/C15H20ClNO2/c1-2-8-15(9-3-10-17-15)14(18)19-11-12-4-6-13(16)7-5-12/h4-7,17H,2-3,8-11H2,1H3. The van der Waals surface area contributed by atoms with Crippen LogP contribution in [0.25, 0.3) is 0 Å². The summed E-state index contributed by atoms with van der Waals surface area (Å²) in [7, 11) is 0. The van der Waals surface area contributed by atoms with Gasteiger partial charge in [0.15, 0.2) is 0 Å². The molecule has 0 saturated carbocycles. The van der Waals surface area contributed by atoms with Crippen molar-refractivity contribution < 1.29 is 9.53 Å². The van der Waals surface area contributed by atoms with Crippen molar-refractivity contribution in [3.8, 4) is 0 Å². The van der Waals surface area contributed by atoms with Crippen LogP contribution in [-0.4, -0.2) is 18.1 Å². The van der Waals surface area contributed by atoms with Gasteiger partial charge < -0.3 is 10.1 Å². The van der Waals surface area contributed by atoms with Crippen molar-refractivity contribution in [1.82, 2.24) is 5.32 Å². The predicted molar refractivity (Wildman–Crippen MR) is 76.1 cm³/mol. The highest BCUT2D eigenvalue weighted by molar-refractivity contribution is 6.30. The van der Waals surface area contributed by atoms with Gasteiger partial charge in [-0.15, -0.1) is 0 Å². The highest BCUT2D eigenvalue weighted by Gasteiger charge is 2.41. The Morgan fingerprint density at radius 3 is 2.74 bits per heavy atom. The summed E-state index contributed by atoms with van der Waals surface area (Å²) in [6, 6.07) is 7.37. The lowest BCUT2D eigenvalue weighted by Crippen LogP contribution is -2.48. The molecule has 0 aromatic heterocycles. The van der Waals surface area contributed by atoms with Crippen LogP contribution in [0.15, 0.2) is 24.3 Å². The Morgan fingerprint density at radius 2 is 2.16 bits per heavy atom. The van der Waals surface area contributed by atoms with Crippen molar-refractivity contribution in [3.63, 3.8) is 0 Å². The number of halogens is 1. The Bertz CT molecular complexity index is 424. The lowest BCUT2D eigenvalue weighted by molar-refractivity contribution is -0.152. The lowest BCUT2D eigenvalue weighted by Gasteiger charge is -2.26. The molecule has 1 aromatic carbocycles. The van der Waals surface area contributed by atoms with Gasteiger partial charge in [0.1, 0.15) is 12.1 Å². The second-order valence-corrected chi connectivity index (χ2v) is 5.50.